The Balaban J connectivity index is 1.80. The number of hydrogen-bond acceptors (Lipinski definition) is 2. The summed E-state index contributed by atoms with van der Waals surface area (Å²) in [7, 11) is 0. The molecule has 0 radical (unpaired) electrons. The van der Waals surface area contributed by atoms with Crippen LogP contribution >= 0.6 is 0 Å². The van der Waals surface area contributed by atoms with Crippen molar-refractivity contribution in [1.82, 2.24) is 10.2 Å². The van der Waals surface area contributed by atoms with Crippen molar-refractivity contribution < 1.29 is 0 Å². The SMILES string of the molecule is CCCN(CC1CCCN1)C(C)C1CC1. The summed E-state index contributed by atoms with van der Waals surface area (Å²) >= 11 is 0. The second kappa shape index (κ2) is 5.31. The summed E-state index contributed by atoms with van der Waals surface area (Å²) in [5, 5.41) is 3.62. The summed E-state index contributed by atoms with van der Waals surface area (Å²) in [6.07, 6.45) is 7.00. The van der Waals surface area contributed by atoms with Crippen molar-refractivity contribution >= 4 is 0 Å². The summed E-state index contributed by atoms with van der Waals surface area (Å²) in [6.45, 7) is 8.54. The molecule has 1 N–H and O–H groups in total. The largest absolute Gasteiger partial charge is 0.313 e. The van der Waals surface area contributed by atoms with Gasteiger partial charge in [-0.05, 0) is 58.0 Å². The molecule has 2 fully saturated rings. The number of hydrogen-bond donors (Lipinski definition) is 1. The maximum absolute atomic E-state index is 3.62. The molecule has 0 spiro atoms. The van der Waals surface area contributed by atoms with Crippen molar-refractivity contribution in [2.45, 2.75) is 58.0 Å². The minimum absolute atomic E-state index is 0.776. The lowest BCUT2D eigenvalue weighted by atomic mass is 10.1. The number of rotatable bonds is 6. The Bertz CT molecular complexity index is 183. The van der Waals surface area contributed by atoms with Crippen molar-refractivity contribution in [1.29, 1.82) is 0 Å². The van der Waals surface area contributed by atoms with Crippen LogP contribution in [0.2, 0.25) is 0 Å². The minimum Gasteiger partial charge on any atom is -0.313 e. The molecule has 0 aromatic heterocycles. The third-order valence-electron chi connectivity index (χ3n) is 4.01. The molecular formula is C13H26N2. The van der Waals surface area contributed by atoms with Gasteiger partial charge in [0.05, 0.1) is 0 Å². The maximum atomic E-state index is 3.62. The zero-order valence-electron chi connectivity index (χ0n) is 10.3. The Labute approximate surface area is 94.4 Å². The predicted molar refractivity (Wildman–Crippen MR) is 65.1 cm³/mol. The predicted octanol–water partition coefficient (Wildman–Crippen LogP) is 2.25. The Kier molecular flexibility index (Phi) is 4.04. The van der Waals surface area contributed by atoms with Gasteiger partial charge in [0.1, 0.15) is 0 Å². The van der Waals surface area contributed by atoms with Crippen molar-refractivity contribution in [3.8, 4) is 0 Å². The maximum Gasteiger partial charge on any atom is 0.0195 e. The molecule has 2 rings (SSSR count). The van der Waals surface area contributed by atoms with E-state index in [9.17, 15) is 0 Å². The zero-order valence-corrected chi connectivity index (χ0v) is 10.3. The van der Waals surface area contributed by atoms with Crippen molar-refractivity contribution in [3.05, 3.63) is 0 Å². The van der Waals surface area contributed by atoms with Crippen molar-refractivity contribution in [2.75, 3.05) is 19.6 Å². The van der Waals surface area contributed by atoms with E-state index in [1.165, 1.54) is 51.7 Å². The summed E-state index contributed by atoms with van der Waals surface area (Å²) in [5.41, 5.74) is 0. The second-order valence-corrected chi connectivity index (χ2v) is 5.37. The number of nitrogens with one attached hydrogen (secondary N) is 1. The lowest BCUT2D eigenvalue weighted by molar-refractivity contribution is 0.174. The monoisotopic (exact) mass is 210 g/mol. The molecule has 2 nitrogen and oxygen atoms in total. The van der Waals surface area contributed by atoms with Gasteiger partial charge in [-0.1, -0.05) is 6.92 Å². The lowest BCUT2D eigenvalue weighted by Gasteiger charge is -2.31. The summed E-state index contributed by atoms with van der Waals surface area (Å²) in [5.74, 6) is 1.01. The Morgan fingerprint density at radius 2 is 2.13 bits per heavy atom. The fourth-order valence-corrected chi connectivity index (χ4v) is 2.82. The molecule has 1 heterocycles. The molecule has 1 aliphatic heterocycles. The molecule has 2 aliphatic rings. The molecule has 2 heteroatoms. The molecule has 0 aromatic carbocycles. The van der Waals surface area contributed by atoms with Crippen LogP contribution in [-0.2, 0) is 0 Å². The lowest BCUT2D eigenvalue weighted by Crippen LogP contribution is -2.43. The molecule has 88 valence electrons. The molecule has 2 atom stereocenters. The van der Waals surface area contributed by atoms with Gasteiger partial charge in [0.15, 0.2) is 0 Å². The van der Waals surface area contributed by atoms with E-state index in [0.29, 0.717) is 0 Å². The Morgan fingerprint density at radius 1 is 1.33 bits per heavy atom. The highest BCUT2D eigenvalue weighted by Gasteiger charge is 2.32. The third kappa shape index (κ3) is 3.18. The average molecular weight is 210 g/mol. The smallest absolute Gasteiger partial charge is 0.0195 e. The van der Waals surface area contributed by atoms with Gasteiger partial charge < -0.3 is 5.32 Å². The first-order valence-electron chi connectivity index (χ1n) is 6.78. The van der Waals surface area contributed by atoms with Crippen LogP contribution in [0.5, 0.6) is 0 Å². The normalized spacial score (nSPS) is 28.6. The molecule has 1 saturated heterocycles. The van der Waals surface area contributed by atoms with Gasteiger partial charge in [0, 0.05) is 18.6 Å². The first-order valence-corrected chi connectivity index (χ1v) is 6.78. The van der Waals surface area contributed by atoms with E-state index in [1.807, 2.05) is 0 Å². The van der Waals surface area contributed by atoms with Crippen LogP contribution in [0.1, 0.15) is 46.0 Å². The van der Waals surface area contributed by atoms with Gasteiger partial charge >= 0.3 is 0 Å². The molecule has 0 bridgehead atoms. The standard InChI is InChI=1S/C13H26N2/c1-3-9-15(11(2)12-6-7-12)10-13-5-4-8-14-13/h11-14H,3-10H2,1-2H3. The zero-order chi connectivity index (χ0) is 10.7. The molecule has 2 unspecified atom stereocenters. The van der Waals surface area contributed by atoms with E-state index in [4.69, 9.17) is 0 Å². The van der Waals surface area contributed by atoms with E-state index >= 15 is 0 Å². The van der Waals surface area contributed by atoms with Crippen molar-refractivity contribution in [3.63, 3.8) is 0 Å². The van der Waals surface area contributed by atoms with Crippen LogP contribution in [-0.4, -0.2) is 36.6 Å². The quantitative estimate of drug-likeness (QED) is 0.723. The van der Waals surface area contributed by atoms with E-state index in [0.717, 1.165) is 18.0 Å². The van der Waals surface area contributed by atoms with Crippen molar-refractivity contribution in [2.24, 2.45) is 5.92 Å². The van der Waals surface area contributed by atoms with E-state index in [-0.39, 0.29) is 0 Å². The average Bonchev–Trinajstić information content (AvgIpc) is 2.96. The highest BCUT2D eigenvalue weighted by molar-refractivity contribution is 4.88. The summed E-state index contributed by atoms with van der Waals surface area (Å²) in [6, 6.07) is 1.60. The Morgan fingerprint density at radius 3 is 2.67 bits per heavy atom. The van der Waals surface area contributed by atoms with Crippen LogP contribution in [0, 0.1) is 5.92 Å². The summed E-state index contributed by atoms with van der Waals surface area (Å²) < 4.78 is 0. The van der Waals surface area contributed by atoms with Gasteiger partial charge in [-0.2, -0.15) is 0 Å². The molecule has 1 aliphatic carbocycles. The van der Waals surface area contributed by atoms with Crippen LogP contribution in [0.4, 0.5) is 0 Å². The topological polar surface area (TPSA) is 15.3 Å². The molecule has 15 heavy (non-hydrogen) atoms. The van der Waals surface area contributed by atoms with Crippen LogP contribution in [0.25, 0.3) is 0 Å². The van der Waals surface area contributed by atoms with Gasteiger partial charge in [0.2, 0.25) is 0 Å². The van der Waals surface area contributed by atoms with Crippen LogP contribution in [0.3, 0.4) is 0 Å². The Hall–Kier alpha value is -0.0800. The van der Waals surface area contributed by atoms with Gasteiger partial charge in [0.25, 0.3) is 0 Å². The van der Waals surface area contributed by atoms with Crippen LogP contribution < -0.4 is 5.32 Å². The number of nitrogens with zero attached hydrogens (tertiary/aromatic N) is 1. The summed E-state index contributed by atoms with van der Waals surface area (Å²) in [4.78, 5) is 2.72. The van der Waals surface area contributed by atoms with E-state index in [2.05, 4.69) is 24.1 Å². The highest BCUT2D eigenvalue weighted by Crippen LogP contribution is 2.35. The molecular weight excluding hydrogens is 184 g/mol. The van der Waals surface area contributed by atoms with Gasteiger partial charge in [-0.15, -0.1) is 0 Å². The highest BCUT2D eigenvalue weighted by atomic mass is 15.2. The van der Waals surface area contributed by atoms with Crippen LogP contribution in [0.15, 0.2) is 0 Å². The van der Waals surface area contributed by atoms with Gasteiger partial charge in [-0.25, -0.2) is 0 Å². The minimum atomic E-state index is 0.776. The first-order chi connectivity index (χ1) is 7.31. The first kappa shape index (κ1) is 11.4. The molecule has 1 saturated carbocycles. The van der Waals surface area contributed by atoms with Gasteiger partial charge in [-0.3, -0.25) is 4.90 Å². The molecule has 0 amide bonds. The second-order valence-electron chi connectivity index (χ2n) is 5.37. The third-order valence-corrected chi connectivity index (χ3v) is 4.01. The molecule has 0 aromatic rings. The fourth-order valence-electron chi connectivity index (χ4n) is 2.82. The van der Waals surface area contributed by atoms with E-state index < -0.39 is 0 Å². The fraction of sp³-hybridized carbons (Fsp3) is 1.00. The van der Waals surface area contributed by atoms with E-state index in [1.54, 1.807) is 0 Å².